The van der Waals surface area contributed by atoms with Gasteiger partial charge in [-0.2, -0.15) is 0 Å². The molecule has 2 rings (SSSR count). The molecule has 0 fully saturated rings. The van der Waals surface area contributed by atoms with Crippen molar-refractivity contribution in [3.8, 4) is 17.2 Å². The van der Waals surface area contributed by atoms with Crippen LogP contribution < -0.4 is 19.5 Å². The van der Waals surface area contributed by atoms with E-state index in [0.717, 1.165) is 42.3 Å². The summed E-state index contributed by atoms with van der Waals surface area (Å²) in [6, 6.07) is 3.93. The van der Waals surface area contributed by atoms with Crippen LogP contribution in [0.25, 0.3) is 0 Å². The molecule has 0 aliphatic carbocycles. The molecular formula is C14H21NO3. The molecule has 1 N–H and O–H groups in total. The Labute approximate surface area is 108 Å². The zero-order valence-electron chi connectivity index (χ0n) is 11.3. The van der Waals surface area contributed by atoms with Gasteiger partial charge in [0.1, 0.15) is 5.75 Å². The molecule has 1 heterocycles. The molecule has 1 unspecified atom stereocenters. The van der Waals surface area contributed by atoms with Crippen molar-refractivity contribution in [1.82, 2.24) is 5.32 Å². The molecule has 1 atom stereocenters. The Morgan fingerprint density at radius 2 is 2.00 bits per heavy atom. The first kappa shape index (κ1) is 13.0. The second kappa shape index (κ2) is 5.96. The predicted molar refractivity (Wildman–Crippen MR) is 70.3 cm³/mol. The molecule has 0 amide bonds. The minimum absolute atomic E-state index is 0.200. The van der Waals surface area contributed by atoms with Gasteiger partial charge in [0.25, 0.3) is 0 Å². The van der Waals surface area contributed by atoms with Gasteiger partial charge in [0, 0.05) is 18.2 Å². The Morgan fingerprint density at radius 1 is 1.28 bits per heavy atom. The van der Waals surface area contributed by atoms with E-state index >= 15 is 0 Å². The molecule has 0 spiro atoms. The van der Waals surface area contributed by atoms with Crippen molar-refractivity contribution < 1.29 is 14.2 Å². The van der Waals surface area contributed by atoms with Crippen molar-refractivity contribution >= 4 is 0 Å². The van der Waals surface area contributed by atoms with E-state index < -0.39 is 0 Å². The van der Waals surface area contributed by atoms with E-state index in [1.54, 1.807) is 0 Å². The summed E-state index contributed by atoms with van der Waals surface area (Å²) in [5.41, 5.74) is 1.11. The lowest BCUT2D eigenvalue weighted by atomic mass is 10.1. The van der Waals surface area contributed by atoms with Crippen molar-refractivity contribution in [3.63, 3.8) is 0 Å². The van der Waals surface area contributed by atoms with E-state index in [9.17, 15) is 0 Å². The van der Waals surface area contributed by atoms with Crippen LogP contribution >= 0.6 is 0 Å². The Balaban J connectivity index is 2.23. The van der Waals surface area contributed by atoms with E-state index in [4.69, 9.17) is 14.2 Å². The van der Waals surface area contributed by atoms with Gasteiger partial charge in [-0.1, -0.05) is 13.8 Å². The first-order valence-electron chi connectivity index (χ1n) is 6.54. The van der Waals surface area contributed by atoms with Gasteiger partial charge < -0.3 is 19.5 Å². The zero-order chi connectivity index (χ0) is 13.0. The molecule has 1 aromatic carbocycles. The van der Waals surface area contributed by atoms with Crippen molar-refractivity contribution in [3.05, 3.63) is 17.7 Å². The highest BCUT2D eigenvalue weighted by molar-refractivity contribution is 5.51. The maximum Gasteiger partial charge on any atom is 0.231 e. The minimum atomic E-state index is 0.200. The van der Waals surface area contributed by atoms with E-state index in [1.165, 1.54) is 0 Å². The maximum absolute atomic E-state index is 5.94. The molecule has 1 aromatic rings. The van der Waals surface area contributed by atoms with Crippen LogP contribution in [0.2, 0.25) is 0 Å². The molecule has 18 heavy (non-hydrogen) atoms. The lowest BCUT2D eigenvalue weighted by Gasteiger charge is -2.17. The number of nitrogens with one attached hydrogen (secondary N) is 1. The number of benzene rings is 1. The number of fused-ring (bicyclic) bond motifs is 1. The average Bonchev–Trinajstić information content (AvgIpc) is 2.82. The van der Waals surface area contributed by atoms with Crippen LogP contribution in [0.4, 0.5) is 0 Å². The van der Waals surface area contributed by atoms with Gasteiger partial charge in [0.15, 0.2) is 11.5 Å². The van der Waals surface area contributed by atoms with E-state index in [-0.39, 0.29) is 6.10 Å². The molecule has 4 heteroatoms. The first-order chi connectivity index (χ1) is 8.74. The number of rotatable bonds is 6. The third-order valence-corrected chi connectivity index (χ3v) is 3.02. The van der Waals surface area contributed by atoms with Crippen molar-refractivity contribution in [1.29, 1.82) is 0 Å². The summed E-state index contributed by atoms with van der Waals surface area (Å²) in [6.45, 7) is 8.27. The fraction of sp³-hybridized carbons (Fsp3) is 0.571. The smallest absolute Gasteiger partial charge is 0.231 e. The Bertz CT molecular complexity index is 406. The van der Waals surface area contributed by atoms with Gasteiger partial charge in [0.2, 0.25) is 6.79 Å². The summed E-state index contributed by atoms with van der Waals surface area (Å²) in [4.78, 5) is 0. The summed E-state index contributed by atoms with van der Waals surface area (Å²) < 4.78 is 16.7. The number of hydrogen-bond acceptors (Lipinski definition) is 4. The van der Waals surface area contributed by atoms with Gasteiger partial charge in [-0.05, 0) is 26.0 Å². The third kappa shape index (κ3) is 2.88. The fourth-order valence-corrected chi connectivity index (χ4v) is 1.77. The van der Waals surface area contributed by atoms with Crippen LogP contribution in [0.5, 0.6) is 17.2 Å². The summed E-state index contributed by atoms with van der Waals surface area (Å²) in [5.74, 6) is 2.46. The van der Waals surface area contributed by atoms with Crippen LogP contribution in [0.15, 0.2) is 12.1 Å². The standard InChI is InChI=1S/C14H21NO3/c1-4-10(3)18-12-7-14-13(16-9-17-14)6-11(12)8-15-5-2/h6-7,10,15H,4-5,8-9H2,1-3H3. The molecule has 0 radical (unpaired) electrons. The number of ether oxygens (including phenoxy) is 3. The van der Waals surface area contributed by atoms with Gasteiger partial charge in [-0.15, -0.1) is 0 Å². The summed E-state index contributed by atoms with van der Waals surface area (Å²) in [5, 5.41) is 3.31. The molecule has 0 aromatic heterocycles. The highest BCUT2D eigenvalue weighted by Gasteiger charge is 2.18. The maximum atomic E-state index is 5.94. The lowest BCUT2D eigenvalue weighted by molar-refractivity contribution is 0.173. The highest BCUT2D eigenvalue weighted by atomic mass is 16.7. The van der Waals surface area contributed by atoms with Crippen LogP contribution in [-0.4, -0.2) is 19.4 Å². The SMILES string of the molecule is CCNCc1cc2c(cc1OC(C)CC)OCO2. The third-order valence-electron chi connectivity index (χ3n) is 3.02. The molecular weight excluding hydrogens is 230 g/mol. The van der Waals surface area contributed by atoms with Crippen LogP contribution in [0.3, 0.4) is 0 Å². The topological polar surface area (TPSA) is 39.7 Å². The molecule has 1 aliphatic heterocycles. The van der Waals surface area contributed by atoms with Crippen molar-refractivity contribution in [2.75, 3.05) is 13.3 Å². The zero-order valence-corrected chi connectivity index (χ0v) is 11.3. The van der Waals surface area contributed by atoms with Crippen LogP contribution in [0.1, 0.15) is 32.8 Å². The molecule has 1 aliphatic rings. The Hall–Kier alpha value is -1.42. The molecule has 0 saturated heterocycles. The molecule has 4 nitrogen and oxygen atoms in total. The highest BCUT2D eigenvalue weighted by Crippen LogP contribution is 2.38. The van der Waals surface area contributed by atoms with E-state index in [1.807, 2.05) is 12.1 Å². The van der Waals surface area contributed by atoms with Crippen molar-refractivity contribution in [2.45, 2.75) is 39.8 Å². The lowest BCUT2D eigenvalue weighted by Crippen LogP contribution is -2.15. The second-order valence-corrected chi connectivity index (χ2v) is 4.43. The largest absolute Gasteiger partial charge is 0.490 e. The second-order valence-electron chi connectivity index (χ2n) is 4.43. The minimum Gasteiger partial charge on any atom is -0.490 e. The number of hydrogen-bond donors (Lipinski definition) is 1. The average molecular weight is 251 g/mol. The molecule has 0 bridgehead atoms. The quantitative estimate of drug-likeness (QED) is 0.844. The van der Waals surface area contributed by atoms with Gasteiger partial charge in [-0.25, -0.2) is 0 Å². The summed E-state index contributed by atoms with van der Waals surface area (Å²) in [6.07, 6.45) is 1.18. The molecule has 100 valence electrons. The Morgan fingerprint density at radius 3 is 2.67 bits per heavy atom. The van der Waals surface area contributed by atoms with E-state index in [2.05, 4.69) is 26.1 Å². The van der Waals surface area contributed by atoms with Gasteiger partial charge in [-0.3, -0.25) is 0 Å². The van der Waals surface area contributed by atoms with E-state index in [0.29, 0.717) is 6.79 Å². The van der Waals surface area contributed by atoms with Gasteiger partial charge in [0.05, 0.1) is 6.10 Å². The monoisotopic (exact) mass is 251 g/mol. The van der Waals surface area contributed by atoms with Crippen LogP contribution in [-0.2, 0) is 6.54 Å². The normalized spacial score (nSPS) is 14.6. The van der Waals surface area contributed by atoms with Crippen LogP contribution in [0, 0.1) is 0 Å². The summed E-state index contributed by atoms with van der Waals surface area (Å²) >= 11 is 0. The Kier molecular flexibility index (Phi) is 4.31. The summed E-state index contributed by atoms with van der Waals surface area (Å²) in [7, 11) is 0. The first-order valence-corrected chi connectivity index (χ1v) is 6.54. The van der Waals surface area contributed by atoms with Crippen molar-refractivity contribution in [2.24, 2.45) is 0 Å². The fourth-order valence-electron chi connectivity index (χ4n) is 1.77. The van der Waals surface area contributed by atoms with Gasteiger partial charge >= 0.3 is 0 Å². The molecule has 0 saturated carbocycles. The predicted octanol–water partition coefficient (Wildman–Crippen LogP) is 2.70.